The SMILES string of the molecule is O=C(/C=C/c1cccnc1)c1ccc(N2CCCCC2)cc1. The van der Waals surface area contributed by atoms with E-state index in [2.05, 4.69) is 22.0 Å². The molecule has 3 heteroatoms. The quantitative estimate of drug-likeness (QED) is 0.631. The second-order valence-corrected chi connectivity index (χ2v) is 5.58. The number of hydrogen-bond donors (Lipinski definition) is 0. The summed E-state index contributed by atoms with van der Waals surface area (Å²) in [6, 6.07) is 11.7. The molecule has 112 valence electrons. The zero-order valence-electron chi connectivity index (χ0n) is 12.6. The highest BCUT2D eigenvalue weighted by Crippen LogP contribution is 2.20. The predicted molar refractivity (Wildman–Crippen MR) is 90.1 cm³/mol. The number of piperidine rings is 1. The third-order valence-corrected chi connectivity index (χ3v) is 3.98. The molecule has 1 aliphatic heterocycles. The van der Waals surface area contributed by atoms with E-state index in [1.54, 1.807) is 24.5 Å². The van der Waals surface area contributed by atoms with E-state index in [1.807, 2.05) is 24.3 Å². The molecule has 0 aliphatic carbocycles. The van der Waals surface area contributed by atoms with Crippen LogP contribution in [0.4, 0.5) is 5.69 Å². The molecule has 2 aromatic rings. The van der Waals surface area contributed by atoms with Crippen molar-refractivity contribution in [2.75, 3.05) is 18.0 Å². The number of allylic oxidation sites excluding steroid dienone is 1. The normalized spacial score (nSPS) is 15.2. The van der Waals surface area contributed by atoms with Gasteiger partial charge in [0, 0.05) is 36.7 Å². The number of rotatable bonds is 4. The maximum atomic E-state index is 12.2. The Morgan fingerprint density at radius 3 is 2.50 bits per heavy atom. The molecule has 0 atom stereocenters. The van der Waals surface area contributed by atoms with E-state index in [-0.39, 0.29) is 5.78 Å². The van der Waals surface area contributed by atoms with Gasteiger partial charge < -0.3 is 4.90 Å². The van der Waals surface area contributed by atoms with Gasteiger partial charge in [0.2, 0.25) is 0 Å². The van der Waals surface area contributed by atoms with Crippen molar-refractivity contribution in [1.29, 1.82) is 0 Å². The van der Waals surface area contributed by atoms with E-state index >= 15 is 0 Å². The van der Waals surface area contributed by atoms with Crippen molar-refractivity contribution in [3.8, 4) is 0 Å². The lowest BCUT2D eigenvalue weighted by Gasteiger charge is -2.28. The predicted octanol–water partition coefficient (Wildman–Crippen LogP) is 3.97. The molecule has 0 unspecified atom stereocenters. The zero-order valence-corrected chi connectivity index (χ0v) is 12.6. The smallest absolute Gasteiger partial charge is 0.185 e. The first-order valence-corrected chi connectivity index (χ1v) is 7.80. The molecule has 0 amide bonds. The second-order valence-electron chi connectivity index (χ2n) is 5.58. The molecule has 2 heterocycles. The van der Waals surface area contributed by atoms with Crippen LogP contribution in [-0.4, -0.2) is 23.9 Å². The Labute approximate surface area is 131 Å². The zero-order chi connectivity index (χ0) is 15.2. The van der Waals surface area contributed by atoms with Crippen LogP contribution in [0.2, 0.25) is 0 Å². The lowest BCUT2D eigenvalue weighted by Crippen LogP contribution is -2.29. The van der Waals surface area contributed by atoms with Gasteiger partial charge in [0.05, 0.1) is 0 Å². The van der Waals surface area contributed by atoms with Crippen LogP contribution in [0.3, 0.4) is 0 Å². The monoisotopic (exact) mass is 292 g/mol. The fourth-order valence-electron chi connectivity index (χ4n) is 2.73. The Morgan fingerprint density at radius 2 is 1.82 bits per heavy atom. The maximum absolute atomic E-state index is 12.2. The van der Waals surface area contributed by atoms with Crippen LogP contribution in [0.25, 0.3) is 6.08 Å². The van der Waals surface area contributed by atoms with E-state index in [9.17, 15) is 4.79 Å². The number of carbonyl (C=O) groups is 1. The third-order valence-electron chi connectivity index (χ3n) is 3.98. The van der Waals surface area contributed by atoms with Crippen molar-refractivity contribution in [1.82, 2.24) is 4.98 Å². The summed E-state index contributed by atoms with van der Waals surface area (Å²) in [5.74, 6) is 0.0223. The fourth-order valence-corrected chi connectivity index (χ4v) is 2.73. The molecule has 1 aromatic heterocycles. The summed E-state index contributed by atoms with van der Waals surface area (Å²) in [7, 11) is 0. The first kappa shape index (κ1) is 14.5. The average molecular weight is 292 g/mol. The highest BCUT2D eigenvalue weighted by Gasteiger charge is 2.11. The molecule has 0 spiro atoms. The maximum Gasteiger partial charge on any atom is 0.185 e. The molecule has 1 aromatic carbocycles. The highest BCUT2D eigenvalue weighted by atomic mass is 16.1. The van der Waals surface area contributed by atoms with Crippen molar-refractivity contribution in [3.05, 3.63) is 66.0 Å². The van der Waals surface area contributed by atoms with Gasteiger partial charge in [-0.2, -0.15) is 0 Å². The summed E-state index contributed by atoms with van der Waals surface area (Å²) >= 11 is 0. The summed E-state index contributed by atoms with van der Waals surface area (Å²) in [4.78, 5) is 18.6. The summed E-state index contributed by atoms with van der Waals surface area (Å²) in [6.45, 7) is 2.24. The first-order chi connectivity index (χ1) is 10.8. The summed E-state index contributed by atoms with van der Waals surface area (Å²) < 4.78 is 0. The Kier molecular flexibility index (Phi) is 4.64. The van der Waals surface area contributed by atoms with Crippen LogP contribution >= 0.6 is 0 Å². The van der Waals surface area contributed by atoms with E-state index in [0.717, 1.165) is 24.2 Å². The van der Waals surface area contributed by atoms with Crippen molar-refractivity contribution < 1.29 is 4.79 Å². The summed E-state index contributed by atoms with van der Waals surface area (Å²) in [5.41, 5.74) is 2.87. The molecule has 1 fully saturated rings. The third kappa shape index (κ3) is 3.61. The number of hydrogen-bond acceptors (Lipinski definition) is 3. The number of anilines is 1. The van der Waals surface area contributed by atoms with Gasteiger partial charge in [0.1, 0.15) is 0 Å². The lowest BCUT2D eigenvalue weighted by molar-refractivity contribution is 0.104. The molecular formula is C19H20N2O. The lowest BCUT2D eigenvalue weighted by atomic mass is 10.1. The highest BCUT2D eigenvalue weighted by molar-refractivity contribution is 6.06. The Balaban J connectivity index is 1.67. The minimum absolute atomic E-state index is 0.0223. The molecular weight excluding hydrogens is 272 g/mol. The largest absolute Gasteiger partial charge is 0.372 e. The van der Waals surface area contributed by atoms with E-state index in [4.69, 9.17) is 0 Å². The molecule has 1 aliphatic rings. The van der Waals surface area contributed by atoms with Gasteiger partial charge >= 0.3 is 0 Å². The van der Waals surface area contributed by atoms with Gasteiger partial charge in [-0.3, -0.25) is 9.78 Å². The number of carbonyl (C=O) groups excluding carboxylic acids is 1. The van der Waals surface area contributed by atoms with Crippen molar-refractivity contribution in [2.45, 2.75) is 19.3 Å². The minimum atomic E-state index is 0.0223. The summed E-state index contributed by atoms with van der Waals surface area (Å²) in [6.07, 6.45) is 10.7. The van der Waals surface area contributed by atoms with Crippen molar-refractivity contribution in [2.24, 2.45) is 0 Å². The van der Waals surface area contributed by atoms with Crippen molar-refractivity contribution >= 4 is 17.5 Å². The first-order valence-electron chi connectivity index (χ1n) is 7.80. The van der Waals surface area contributed by atoms with Gasteiger partial charge in [-0.1, -0.05) is 6.07 Å². The number of aromatic nitrogens is 1. The van der Waals surface area contributed by atoms with E-state index < -0.39 is 0 Å². The second kappa shape index (κ2) is 7.03. The Hall–Kier alpha value is -2.42. The number of benzene rings is 1. The Morgan fingerprint density at radius 1 is 1.05 bits per heavy atom. The van der Waals surface area contributed by atoms with Gasteiger partial charge in [0.15, 0.2) is 5.78 Å². The molecule has 0 bridgehead atoms. The van der Waals surface area contributed by atoms with Crippen LogP contribution in [0.15, 0.2) is 54.9 Å². The van der Waals surface area contributed by atoms with Crippen molar-refractivity contribution in [3.63, 3.8) is 0 Å². The number of ketones is 1. The van der Waals surface area contributed by atoms with Crippen LogP contribution in [-0.2, 0) is 0 Å². The van der Waals surface area contributed by atoms with Crippen LogP contribution < -0.4 is 4.90 Å². The molecule has 0 N–H and O–H groups in total. The molecule has 3 nitrogen and oxygen atoms in total. The molecule has 22 heavy (non-hydrogen) atoms. The minimum Gasteiger partial charge on any atom is -0.372 e. The van der Waals surface area contributed by atoms with Gasteiger partial charge in [-0.15, -0.1) is 0 Å². The Bertz CT molecular complexity index is 641. The standard InChI is InChI=1S/C19H20N2O/c22-19(11-6-16-5-4-12-20-15-16)17-7-9-18(10-8-17)21-13-2-1-3-14-21/h4-12,15H,1-3,13-14H2/b11-6+. The number of nitrogens with zero attached hydrogens (tertiary/aromatic N) is 2. The summed E-state index contributed by atoms with van der Waals surface area (Å²) in [5, 5.41) is 0. The molecule has 1 saturated heterocycles. The topological polar surface area (TPSA) is 33.2 Å². The molecule has 0 radical (unpaired) electrons. The molecule has 0 saturated carbocycles. The number of pyridine rings is 1. The van der Waals surface area contributed by atoms with Crippen LogP contribution in [0, 0.1) is 0 Å². The van der Waals surface area contributed by atoms with Crippen LogP contribution in [0.5, 0.6) is 0 Å². The van der Waals surface area contributed by atoms with E-state index in [0.29, 0.717) is 0 Å². The van der Waals surface area contributed by atoms with Gasteiger partial charge in [-0.25, -0.2) is 0 Å². The van der Waals surface area contributed by atoms with Crippen LogP contribution in [0.1, 0.15) is 35.2 Å². The van der Waals surface area contributed by atoms with Gasteiger partial charge in [0.25, 0.3) is 0 Å². The van der Waals surface area contributed by atoms with E-state index in [1.165, 1.54) is 24.9 Å². The fraction of sp³-hybridized carbons (Fsp3) is 0.263. The van der Waals surface area contributed by atoms with Gasteiger partial charge in [-0.05, 0) is 67.3 Å². The molecule has 3 rings (SSSR count). The average Bonchev–Trinajstić information content (AvgIpc) is 2.61.